The van der Waals surface area contributed by atoms with Crippen LogP contribution in [-0.2, 0) is 17.6 Å². The fourth-order valence-corrected chi connectivity index (χ4v) is 3.43. The standard InChI is InChI=1S/C13H14N4O2S/c14-9(18)5-16-12(19)11-10(15)7-4-6-2-1-3-8(6)17-13(7)20-11/h4H,1-3,5,15H2,(H2,14,18)(H,16,19). The zero-order chi connectivity index (χ0) is 14.3. The summed E-state index contributed by atoms with van der Waals surface area (Å²) in [5.41, 5.74) is 13.8. The molecular formula is C13H14N4O2S. The van der Waals surface area contributed by atoms with E-state index in [9.17, 15) is 9.59 Å². The number of aromatic nitrogens is 1. The molecule has 20 heavy (non-hydrogen) atoms. The highest BCUT2D eigenvalue weighted by Crippen LogP contribution is 2.35. The molecule has 0 aromatic carbocycles. The number of nitrogens with one attached hydrogen (secondary N) is 1. The molecule has 0 unspecified atom stereocenters. The second-order valence-electron chi connectivity index (χ2n) is 4.79. The molecule has 1 aliphatic rings. The third-order valence-corrected chi connectivity index (χ3v) is 4.49. The Morgan fingerprint density at radius 3 is 2.95 bits per heavy atom. The first-order chi connectivity index (χ1) is 9.56. The Morgan fingerprint density at radius 1 is 1.40 bits per heavy atom. The number of anilines is 1. The minimum atomic E-state index is -0.588. The molecule has 0 saturated carbocycles. The molecule has 7 heteroatoms. The van der Waals surface area contributed by atoms with Crippen LogP contribution in [-0.4, -0.2) is 23.3 Å². The highest BCUT2D eigenvalue weighted by atomic mass is 32.1. The second-order valence-corrected chi connectivity index (χ2v) is 5.79. The first-order valence-corrected chi connectivity index (χ1v) is 7.15. The van der Waals surface area contributed by atoms with Crippen molar-refractivity contribution in [3.05, 3.63) is 22.2 Å². The van der Waals surface area contributed by atoms with Crippen LogP contribution < -0.4 is 16.8 Å². The Balaban J connectivity index is 1.99. The molecule has 3 rings (SSSR count). The van der Waals surface area contributed by atoms with Gasteiger partial charge in [-0.3, -0.25) is 9.59 Å². The number of amides is 2. The molecule has 0 fully saturated rings. The molecule has 1 aliphatic carbocycles. The van der Waals surface area contributed by atoms with E-state index in [4.69, 9.17) is 11.5 Å². The van der Waals surface area contributed by atoms with Gasteiger partial charge in [-0.1, -0.05) is 0 Å². The van der Waals surface area contributed by atoms with Gasteiger partial charge in [-0.2, -0.15) is 0 Å². The van der Waals surface area contributed by atoms with E-state index in [0.717, 1.165) is 35.2 Å². The number of carbonyl (C=O) groups excluding carboxylic acids is 2. The molecule has 2 aromatic rings. The molecule has 0 radical (unpaired) electrons. The molecule has 104 valence electrons. The van der Waals surface area contributed by atoms with Gasteiger partial charge >= 0.3 is 0 Å². The van der Waals surface area contributed by atoms with Crippen molar-refractivity contribution in [2.24, 2.45) is 5.73 Å². The van der Waals surface area contributed by atoms with Crippen molar-refractivity contribution in [2.45, 2.75) is 19.3 Å². The van der Waals surface area contributed by atoms with Crippen LogP contribution in [0.25, 0.3) is 10.2 Å². The van der Waals surface area contributed by atoms with Gasteiger partial charge in [0.2, 0.25) is 5.91 Å². The van der Waals surface area contributed by atoms with Gasteiger partial charge < -0.3 is 16.8 Å². The van der Waals surface area contributed by atoms with Gasteiger partial charge in [0.25, 0.3) is 5.91 Å². The number of nitrogens with two attached hydrogens (primary N) is 2. The summed E-state index contributed by atoms with van der Waals surface area (Å²) in [7, 11) is 0. The van der Waals surface area contributed by atoms with E-state index < -0.39 is 5.91 Å². The van der Waals surface area contributed by atoms with Crippen LogP contribution >= 0.6 is 11.3 Å². The number of fused-ring (bicyclic) bond motifs is 2. The SMILES string of the molecule is NC(=O)CNC(=O)c1sc2nc3c(cc2c1N)CCC3. The van der Waals surface area contributed by atoms with E-state index in [2.05, 4.69) is 10.3 Å². The van der Waals surface area contributed by atoms with Crippen molar-refractivity contribution >= 4 is 39.1 Å². The number of carbonyl (C=O) groups is 2. The van der Waals surface area contributed by atoms with Crippen LogP contribution in [0.2, 0.25) is 0 Å². The number of hydrogen-bond acceptors (Lipinski definition) is 5. The number of thiophene rings is 1. The maximum atomic E-state index is 12.0. The molecule has 0 spiro atoms. The van der Waals surface area contributed by atoms with Gasteiger partial charge in [0.15, 0.2) is 0 Å². The van der Waals surface area contributed by atoms with Crippen LogP contribution in [0.15, 0.2) is 6.07 Å². The molecule has 6 nitrogen and oxygen atoms in total. The van der Waals surface area contributed by atoms with Crippen molar-refractivity contribution in [1.82, 2.24) is 10.3 Å². The fourth-order valence-electron chi connectivity index (χ4n) is 2.41. The van der Waals surface area contributed by atoms with E-state index in [1.165, 1.54) is 16.9 Å². The predicted molar refractivity (Wildman–Crippen MR) is 77.6 cm³/mol. The van der Waals surface area contributed by atoms with Crippen molar-refractivity contribution in [1.29, 1.82) is 0 Å². The maximum absolute atomic E-state index is 12.0. The molecule has 0 atom stereocenters. The smallest absolute Gasteiger partial charge is 0.264 e. The number of rotatable bonds is 3. The van der Waals surface area contributed by atoms with Crippen LogP contribution in [0, 0.1) is 0 Å². The number of aryl methyl sites for hydroxylation is 2. The quantitative estimate of drug-likeness (QED) is 0.767. The summed E-state index contributed by atoms with van der Waals surface area (Å²) in [5, 5.41) is 3.27. The van der Waals surface area contributed by atoms with Crippen LogP contribution in [0.5, 0.6) is 0 Å². The Labute approximate surface area is 119 Å². The minimum Gasteiger partial charge on any atom is -0.397 e. The lowest BCUT2D eigenvalue weighted by atomic mass is 10.1. The monoisotopic (exact) mass is 290 g/mol. The first kappa shape index (κ1) is 12.9. The molecule has 5 N–H and O–H groups in total. The van der Waals surface area contributed by atoms with Crippen LogP contribution in [0.3, 0.4) is 0 Å². The summed E-state index contributed by atoms with van der Waals surface area (Å²) < 4.78 is 0. The number of nitrogen functional groups attached to an aromatic ring is 1. The van der Waals surface area contributed by atoms with Crippen LogP contribution in [0.4, 0.5) is 5.69 Å². The fraction of sp³-hybridized carbons (Fsp3) is 0.308. The Hall–Kier alpha value is -2.15. The van der Waals surface area contributed by atoms with Gasteiger partial charge in [-0.05, 0) is 30.9 Å². The van der Waals surface area contributed by atoms with E-state index in [1.54, 1.807) is 0 Å². The minimum absolute atomic E-state index is 0.198. The van der Waals surface area contributed by atoms with Crippen molar-refractivity contribution in [2.75, 3.05) is 12.3 Å². The maximum Gasteiger partial charge on any atom is 0.264 e. The zero-order valence-corrected chi connectivity index (χ0v) is 11.5. The number of hydrogen-bond donors (Lipinski definition) is 3. The van der Waals surface area contributed by atoms with Gasteiger partial charge in [0.05, 0.1) is 12.2 Å². The van der Waals surface area contributed by atoms with Gasteiger partial charge in [-0.25, -0.2) is 4.98 Å². The topological polar surface area (TPSA) is 111 Å². The Kier molecular flexibility index (Phi) is 3.06. The number of nitrogens with zero attached hydrogens (tertiary/aromatic N) is 1. The lowest BCUT2D eigenvalue weighted by Crippen LogP contribution is -2.33. The summed E-state index contributed by atoms with van der Waals surface area (Å²) in [5.74, 6) is -0.973. The van der Waals surface area contributed by atoms with Gasteiger partial charge in [-0.15, -0.1) is 11.3 Å². The lowest BCUT2D eigenvalue weighted by molar-refractivity contribution is -0.117. The third kappa shape index (κ3) is 2.09. The van der Waals surface area contributed by atoms with Gasteiger partial charge in [0, 0.05) is 11.1 Å². The molecule has 0 saturated heterocycles. The molecule has 0 aliphatic heterocycles. The molecule has 2 aromatic heterocycles. The van der Waals surface area contributed by atoms with E-state index in [1.807, 2.05) is 6.07 Å². The number of primary amides is 1. The molecular weight excluding hydrogens is 276 g/mol. The third-order valence-electron chi connectivity index (χ3n) is 3.38. The largest absolute Gasteiger partial charge is 0.397 e. The zero-order valence-electron chi connectivity index (χ0n) is 10.7. The average Bonchev–Trinajstić information content (AvgIpc) is 2.98. The molecule has 2 heterocycles. The average molecular weight is 290 g/mol. The van der Waals surface area contributed by atoms with E-state index >= 15 is 0 Å². The van der Waals surface area contributed by atoms with Crippen molar-refractivity contribution in [3.8, 4) is 0 Å². The van der Waals surface area contributed by atoms with E-state index in [0.29, 0.717) is 10.6 Å². The highest BCUT2D eigenvalue weighted by Gasteiger charge is 2.21. The second kappa shape index (κ2) is 4.75. The summed E-state index contributed by atoms with van der Waals surface area (Å²) in [6.45, 7) is -0.198. The highest BCUT2D eigenvalue weighted by molar-refractivity contribution is 7.21. The lowest BCUT2D eigenvalue weighted by Gasteiger charge is -2.01. The predicted octanol–water partition coefficient (Wildman–Crippen LogP) is 0.582. The summed E-state index contributed by atoms with van der Waals surface area (Å²) in [6.07, 6.45) is 3.11. The van der Waals surface area contributed by atoms with Crippen molar-refractivity contribution < 1.29 is 9.59 Å². The molecule has 0 bridgehead atoms. The summed E-state index contributed by atoms with van der Waals surface area (Å²) in [6, 6.07) is 2.03. The Bertz CT molecular complexity index is 723. The number of pyridine rings is 1. The Morgan fingerprint density at radius 2 is 2.20 bits per heavy atom. The van der Waals surface area contributed by atoms with E-state index in [-0.39, 0.29) is 12.5 Å². The van der Waals surface area contributed by atoms with Crippen molar-refractivity contribution in [3.63, 3.8) is 0 Å². The molecule has 2 amide bonds. The van der Waals surface area contributed by atoms with Gasteiger partial charge in [0.1, 0.15) is 9.71 Å². The summed E-state index contributed by atoms with van der Waals surface area (Å²) in [4.78, 5) is 28.4. The summed E-state index contributed by atoms with van der Waals surface area (Å²) >= 11 is 1.25. The normalized spacial score (nSPS) is 13.4. The van der Waals surface area contributed by atoms with Crippen LogP contribution in [0.1, 0.15) is 27.3 Å². The first-order valence-electron chi connectivity index (χ1n) is 6.33.